The number of rotatable bonds is 7. The van der Waals surface area contributed by atoms with E-state index in [9.17, 15) is 10.2 Å². The summed E-state index contributed by atoms with van der Waals surface area (Å²) in [5, 5.41) is 33.5. The molecule has 0 spiro atoms. The molecule has 0 unspecified atom stereocenters. The number of aromatic nitrogens is 2. The summed E-state index contributed by atoms with van der Waals surface area (Å²) in [6.45, 7) is 0. The molecule has 0 atom stereocenters. The summed E-state index contributed by atoms with van der Waals surface area (Å²) in [7, 11) is 3.01. The first-order valence-corrected chi connectivity index (χ1v) is 10.7. The van der Waals surface area contributed by atoms with Crippen molar-refractivity contribution in [3.05, 3.63) is 94.8 Å². The van der Waals surface area contributed by atoms with Crippen LogP contribution in [-0.2, 0) is 0 Å². The van der Waals surface area contributed by atoms with Crippen molar-refractivity contribution in [2.45, 2.75) is 0 Å². The summed E-state index contributed by atoms with van der Waals surface area (Å²) in [6, 6.07) is 21.4. The van der Waals surface area contributed by atoms with Gasteiger partial charge in [-0.25, -0.2) is 4.68 Å². The van der Waals surface area contributed by atoms with E-state index in [0.717, 1.165) is 22.5 Å². The Kier molecular flexibility index (Phi) is 6.84. The maximum Gasteiger partial charge on any atom is 0.161 e. The molecule has 0 amide bonds. The van der Waals surface area contributed by atoms with Crippen LogP contribution in [0.25, 0.3) is 30.0 Å². The average Bonchev–Trinajstić information content (AvgIpc) is 3.30. The van der Waals surface area contributed by atoms with Crippen molar-refractivity contribution in [3.63, 3.8) is 0 Å². The lowest BCUT2D eigenvalue weighted by Crippen LogP contribution is -1.99. The second-order valence-electron chi connectivity index (χ2n) is 7.59. The van der Waals surface area contributed by atoms with Crippen molar-refractivity contribution in [1.29, 1.82) is 5.26 Å². The molecule has 0 bridgehead atoms. The van der Waals surface area contributed by atoms with Gasteiger partial charge in [-0.3, -0.25) is 0 Å². The van der Waals surface area contributed by atoms with Crippen LogP contribution in [0.2, 0.25) is 0 Å². The van der Waals surface area contributed by atoms with Crippen LogP contribution in [-0.4, -0.2) is 34.2 Å². The molecular formula is C28H23N3O4. The van der Waals surface area contributed by atoms with Crippen LogP contribution in [0, 0.1) is 11.3 Å². The Labute approximate surface area is 203 Å². The molecule has 1 heterocycles. The number of methoxy groups -OCH3 is 2. The number of hydrogen-bond acceptors (Lipinski definition) is 6. The van der Waals surface area contributed by atoms with Gasteiger partial charge in [-0.05, 0) is 77.9 Å². The normalized spacial score (nSPS) is 11.1. The fourth-order valence-corrected chi connectivity index (χ4v) is 3.46. The summed E-state index contributed by atoms with van der Waals surface area (Å²) >= 11 is 0. The van der Waals surface area contributed by atoms with Gasteiger partial charge in [0, 0.05) is 0 Å². The zero-order valence-corrected chi connectivity index (χ0v) is 19.2. The highest BCUT2D eigenvalue weighted by Gasteiger charge is 2.08. The van der Waals surface area contributed by atoms with E-state index in [-0.39, 0.29) is 11.5 Å². The Balaban J connectivity index is 1.70. The fourth-order valence-electron chi connectivity index (χ4n) is 3.46. The highest BCUT2D eigenvalue weighted by atomic mass is 16.5. The highest BCUT2D eigenvalue weighted by molar-refractivity contribution is 5.74. The Bertz CT molecular complexity index is 1440. The molecule has 0 fully saturated rings. The molecule has 2 N–H and O–H groups in total. The summed E-state index contributed by atoms with van der Waals surface area (Å²) < 4.78 is 12.2. The minimum Gasteiger partial charge on any atom is -0.504 e. The van der Waals surface area contributed by atoms with Crippen molar-refractivity contribution < 1.29 is 19.7 Å². The van der Waals surface area contributed by atoms with E-state index in [0.29, 0.717) is 22.8 Å². The predicted octanol–water partition coefficient (Wildman–Crippen LogP) is 5.51. The maximum atomic E-state index is 9.84. The minimum atomic E-state index is 0.0746. The van der Waals surface area contributed by atoms with Gasteiger partial charge in [-0.1, -0.05) is 24.3 Å². The molecule has 3 aromatic carbocycles. The lowest BCUT2D eigenvalue weighted by Gasteiger charge is -2.05. The molecular weight excluding hydrogens is 442 g/mol. The van der Waals surface area contributed by atoms with Gasteiger partial charge in [0.2, 0.25) is 0 Å². The molecule has 4 rings (SSSR count). The molecule has 0 aliphatic rings. The summed E-state index contributed by atoms with van der Waals surface area (Å²) in [6.07, 6.45) is 7.56. The first-order valence-electron chi connectivity index (χ1n) is 10.7. The third-order valence-electron chi connectivity index (χ3n) is 5.30. The Morgan fingerprint density at radius 1 is 0.771 bits per heavy atom. The molecule has 0 radical (unpaired) electrons. The number of phenolic OH excluding ortho intramolecular Hbond substituents is 2. The van der Waals surface area contributed by atoms with Crippen LogP contribution >= 0.6 is 0 Å². The van der Waals surface area contributed by atoms with Crippen LogP contribution in [0.15, 0.2) is 66.7 Å². The van der Waals surface area contributed by atoms with Crippen LogP contribution in [0.5, 0.6) is 23.0 Å². The number of nitriles is 1. The van der Waals surface area contributed by atoms with E-state index in [2.05, 4.69) is 6.07 Å². The summed E-state index contributed by atoms with van der Waals surface area (Å²) in [4.78, 5) is 0. The monoisotopic (exact) mass is 465 g/mol. The maximum absolute atomic E-state index is 9.84. The van der Waals surface area contributed by atoms with Gasteiger partial charge in [0.15, 0.2) is 23.0 Å². The largest absolute Gasteiger partial charge is 0.504 e. The van der Waals surface area contributed by atoms with Gasteiger partial charge in [-0.15, -0.1) is 0 Å². The molecule has 0 saturated heterocycles. The third-order valence-corrected chi connectivity index (χ3v) is 5.30. The van der Waals surface area contributed by atoms with Crippen LogP contribution in [0.4, 0.5) is 0 Å². The van der Waals surface area contributed by atoms with Crippen molar-refractivity contribution in [2.24, 2.45) is 0 Å². The highest BCUT2D eigenvalue weighted by Crippen LogP contribution is 2.28. The van der Waals surface area contributed by atoms with E-state index in [1.165, 1.54) is 14.2 Å². The number of nitrogens with zero attached hydrogens (tertiary/aromatic N) is 3. The van der Waals surface area contributed by atoms with E-state index in [4.69, 9.17) is 19.8 Å². The lowest BCUT2D eigenvalue weighted by atomic mass is 10.1. The van der Waals surface area contributed by atoms with E-state index < -0.39 is 0 Å². The van der Waals surface area contributed by atoms with Gasteiger partial charge < -0.3 is 19.7 Å². The molecule has 35 heavy (non-hydrogen) atoms. The molecule has 7 nitrogen and oxygen atoms in total. The molecule has 7 heteroatoms. The second kappa shape index (κ2) is 10.3. The van der Waals surface area contributed by atoms with Gasteiger partial charge in [0.25, 0.3) is 0 Å². The molecule has 174 valence electrons. The third kappa shape index (κ3) is 5.34. The number of phenols is 2. The van der Waals surface area contributed by atoms with E-state index in [1.54, 1.807) is 53.2 Å². The number of benzene rings is 3. The zero-order valence-electron chi connectivity index (χ0n) is 19.2. The SMILES string of the molecule is COc1cc(C=Cc2cc(C=Cc3ccc(O)c(OC)c3)n(-c3ccc(C#N)cc3)n2)ccc1O. The Morgan fingerprint density at radius 3 is 1.89 bits per heavy atom. The Hall–Kier alpha value is -4.96. The smallest absolute Gasteiger partial charge is 0.161 e. The van der Waals surface area contributed by atoms with Crippen molar-refractivity contribution in [2.75, 3.05) is 14.2 Å². The number of aromatic hydroxyl groups is 2. The van der Waals surface area contributed by atoms with Gasteiger partial charge in [0.05, 0.1) is 42.9 Å². The van der Waals surface area contributed by atoms with Crippen LogP contribution < -0.4 is 9.47 Å². The molecule has 1 aromatic heterocycles. The van der Waals surface area contributed by atoms with Gasteiger partial charge in [-0.2, -0.15) is 10.4 Å². The van der Waals surface area contributed by atoms with Crippen LogP contribution in [0.1, 0.15) is 28.1 Å². The quantitative estimate of drug-likeness (QED) is 0.373. The standard InChI is InChI=1S/C28H23N3O4/c1-34-27-15-19(7-13-25(27)32)3-9-22-17-24(12-4-20-8-14-26(33)28(16-20)35-2)31(30-22)23-10-5-21(18-29)6-11-23/h3-17,32-33H,1-2H3. The minimum absolute atomic E-state index is 0.0746. The van der Waals surface area contributed by atoms with Gasteiger partial charge >= 0.3 is 0 Å². The molecule has 0 saturated carbocycles. The van der Waals surface area contributed by atoms with Crippen molar-refractivity contribution >= 4 is 24.3 Å². The number of ether oxygens (including phenoxy) is 2. The van der Waals surface area contributed by atoms with Gasteiger partial charge in [0.1, 0.15) is 0 Å². The first-order chi connectivity index (χ1) is 17.0. The Morgan fingerprint density at radius 2 is 1.34 bits per heavy atom. The molecule has 4 aromatic rings. The predicted molar refractivity (Wildman–Crippen MR) is 135 cm³/mol. The number of hydrogen-bond donors (Lipinski definition) is 2. The second-order valence-corrected chi connectivity index (χ2v) is 7.59. The van der Waals surface area contributed by atoms with Crippen LogP contribution in [0.3, 0.4) is 0 Å². The van der Waals surface area contributed by atoms with E-state index >= 15 is 0 Å². The fraction of sp³-hybridized carbons (Fsp3) is 0.0714. The molecule has 0 aliphatic carbocycles. The van der Waals surface area contributed by atoms with Crippen molar-refractivity contribution in [3.8, 4) is 34.8 Å². The summed E-state index contributed by atoms with van der Waals surface area (Å²) in [5.41, 5.74) is 4.59. The summed E-state index contributed by atoms with van der Waals surface area (Å²) in [5.74, 6) is 0.933. The molecule has 0 aliphatic heterocycles. The van der Waals surface area contributed by atoms with Crippen molar-refractivity contribution in [1.82, 2.24) is 9.78 Å². The lowest BCUT2D eigenvalue weighted by molar-refractivity contribution is 0.373. The van der Waals surface area contributed by atoms with E-state index in [1.807, 2.05) is 42.5 Å². The first kappa shape index (κ1) is 23.2. The topological polar surface area (TPSA) is 101 Å². The zero-order chi connectivity index (χ0) is 24.8. The average molecular weight is 466 g/mol.